The van der Waals surface area contributed by atoms with Gasteiger partial charge < -0.3 is 4.42 Å². The number of halogens is 2. The zero-order valence-corrected chi connectivity index (χ0v) is 15.1. The molecular formula is C19H19ClFN3O. The summed E-state index contributed by atoms with van der Waals surface area (Å²) in [4.78, 5) is 1.91. The van der Waals surface area contributed by atoms with Gasteiger partial charge in [-0.3, -0.25) is 4.90 Å². The fourth-order valence-electron chi connectivity index (χ4n) is 2.56. The minimum absolute atomic E-state index is 0.179. The van der Waals surface area contributed by atoms with Gasteiger partial charge in [0.2, 0.25) is 11.8 Å². The Kier molecular flexibility index (Phi) is 5.16. The molecule has 25 heavy (non-hydrogen) atoms. The van der Waals surface area contributed by atoms with E-state index in [0.29, 0.717) is 28.9 Å². The van der Waals surface area contributed by atoms with Gasteiger partial charge in [0.15, 0.2) is 0 Å². The zero-order valence-electron chi connectivity index (χ0n) is 14.3. The van der Waals surface area contributed by atoms with Gasteiger partial charge in [-0.2, -0.15) is 0 Å². The first-order chi connectivity index (χ1) is 12.0. The number of aryl methyl sites for hydroxylation is 1. The van der Waals surface area contributed by atoms with Crippen LogP contribution in [-0.4, -0.2) is 22.1 Å². The summed E-state index contributed by atoms with van der Waals surface area (Å²) in [5.74, 6) is 0.631. The van der Waals surface area contributed by atoms with Crippen LogP contribution in [0.2, 0.25) is 5.02 Å². The molecule has 0 saturated heterocycles. The molecule has 0 bridgehead atoms. The minimum atomic E-state index is -0.322. The van der Waals surface area contributed by atoms with E-state index < -0.39 is 0 Å². The van der Waals surface area contributed by atoms with Crippen molar-refractivity contribution in [3.05, 3.63) is 70.3 Å². The maximum Gasteiger partial charge on any atom is 0.247 e. The van der Waals surface area contributed by atoms with E-state index in [1.165, 1.54) is 6.07 Å². The fraction of sp³-hybridized carbons (Fsp3) is 0.263. The fourth-order valence-corrected chi connectivity index (χ4v) is 2.78. The Morgan fingerprint density at radius 2 is 1.96 bits per heavy atom. The number of benzene rings is 2. The molecule has 1 aromatic heterocycles. The lowest BCUT2D eigenvalue weighted by Gasteiger charge is -2.22. The molecule has 0 aliphatic carbocycles. The van der Waals surface area contributed by atoms with Crippen LogP contribution in [0.5, 0.6) is 0 Å². The Hall–Kier alpha value is -2.24. The summed E-state index contributed by atoms with van der Waals surface area (Å²) in [6.45, 7) is 4.28. The number of hydrogen-bond acceptors (Lipinski definition) is 4. The highest BCUT2D eigenvalue weighted by atomic mass is 35.5. The maximum atomic E-state index is 14.0. The first-order valence-electron chi connectivity index (χ1n) is 7.99. The summed E-state index contributed by atoms with van der Waals surface area (Å²) in [5, 5.41) is 8.68. The zero-order chi connectivity index (χ0) is 18.0. The monoisotopic (exact) mass is 359 g/mol. The van der Waals surface area contributed by atoms with E-state index in [-0.39, 0.29) is 11.9 Å². The van der Waals surface area contributed by atoms with Gasteiger partial charge in [-0.25, -0.2) is 4.39 Å². The van der Waals surface area contributed by atoms with Crippen LogP contribution in [0, 0.1) is 12.7 Å². The number of hydrogen-bond donors (Lipinski definition) is 0. The molecule has 0 saturated carbocycles. The second-order valence-electron chi connectivity index (χ2n) is 6.11. The van der Waals surface area contributed by atoms with E-state index in [1.54, 1.807) is 12.1 Å². The van der Waals surface area contributed by atoms with Crippen molar-refractivity contribution in [2.75, 3.05) is 7.05 Å². The van der Waals surface area contributed by atoms with Gasteiger partial charge in [0.25, 0.3) is 0 Å². The molecule has 1 atom stereocenters. The van der Waals surface area contributed by atoms with Crippen molar-refractivity contribution in [3.8, 4) is 11.5 Å². The molecule has 0 aliphatic rings. The van der Waals surface area contributed by atoms with Crippen molar-refractivity contribution in [2.24, 2.45) is 0 Å². The predicted octanol–water partition coefficient (Wildman–Crippen LogP) is 5.03. The molecule has 0 radical (unpaired) electrons. The van der Waals surface area contributed by atoms with E-state index in [1.807, 2.05) is 50.1 Å². The van der Waals surface area contributed by atoms with Crippen LogP contribution in [0.1, 0.15) is 30.0 Å². The quantitative estimate of drug-likeness (QED) is 0.640. The summed E-state index contributed by atoms with van der Waals surface area (Å²) < 4.78 is 19.8. The van der Waals surface area contributed by atoms with Crippen molar-refractivity contribution < 1.29 is 8.81 Å². The molecule has 3 rings (SSSR count). The third kappa shape index (κ3) is 3.89. The molecule has 1 heterocycles. The summed E-state index contributed by atoms with van der Waals surface area (Å²) in [6.07, 6.45) is 0. The lowest BCUT2D eigenvalue weighted by Crippen LogP contribution is -2.23. The van der Waals surface area contributed by atoms with E-state index >= 15 is 0 Å². The van der Waals surface area contributed by atoms with Crippen LogP contribution < -0.4 is 0 Å². The molecule has 0 fully saturated rings. The van der Waals surface area contributed by atoms with Crippen LogP contribution in [0.3, 0.4) is 0 Å². The Labute approximate surface area is 151 Å². The first-order valence-corrected chi connectivity index (χ1v) is 8.37. The van der Waals surface area contributed by atoms with Crippen molar-refractivity contribution in [1.29, 1.82) is 0 Å². The average Bonchev–Trinajstić information content (AvgIpc) is 3.07. The van der Waals surface area contributed by atoms with Crippen molar-refractivity contribution in [2.45, 2.75) is 26.4 Å². The third-order valence-corrected chi connectivity index (χ3v) is 4.55. The molecule has 6 heteroatoms. The Morgan fingerprint density at radius 1 is 1.20 bits per heavy atom. The standard InChI is InChI=1S/C19H19ClFN3O/c1-12-6-4-7-14(10-12)19-23-22-18(25-19)13(2)24(3)11-15-16(20)8-5-9-17(15)21/h4-10,13H,11H2,1-3H3/t13-/m0/s1. The molecule has 3 aromatic rings. The van der Waals surface area contributed by atoms with Crippen LogP contribution in [0.25, 0.3) is 11.5 Å². The Balaban J connectivity index is 1.78. The second kappa shape index (κ2) is 7.33. The topological polar surface area (TPSA) is 42.2 Å². The van der Waals surface area contributed by atoms with Gasteiger partial charge in [-0.05, 0) is 45.2 Å². The molecule has 0 unspecified atom stereocenters. The van der Waals surface area contributed by atoms with Crippen LogP contribution in [0.4, 0.5) is 4.39 Å². The van der Waals surface area contributed by atoms with Gasteiger partial charge in [0.1, 0.15) is 5.82 Å². The van der Waals surface area contributed by atoms with Crippen LogP contribution in [0.15, 0.2) is 46.9 Å². The largest absolute Gasteiger partial charge is 0.419 e. The molecule has 0 aliphatic heterocycles. The summed E-state index contributed by atoms with van der Waals surface area (Å²) in [6, 6.07) is 12.4. The maximum absolute atomic E-state index is 14.0. The second-order valence-corrected chi connectivity index (χ2v) is 6.51. The SMILES string of the molecule is Cc1cccc(-c2nnc([C@H](C)N(C)Cc3c(F)cccc3Cl)o2)c1. The number of rotatable bonds is 5. The summed E-state index contributed by atoms with van der Waals surface area (Å²) >= 11 is 6.11. The van der Waals surface area contributed by atoms with Gasteiger partial charge in [-0.1, -0.05) is 35.4 Å². The highest BCUT2D eigenvalue weighted by Crippen LogP contribution is 2.27. The highest BCUT2D eigenvalue weighted by molar-refractivity contribution is 6.31. The average molecular weight is 360 g/mol. The van der Waals surface area contributed by atoms with Crippen molar-refractivity contribution >= 4 is 11.6 Å². The Morgan fingerprint density at radius 3 is 2.68 bits per heavy atom. The third-order valence-electron chi connectivity index (χ3n) is 4.19. The van der Waals surface area contributed by atoms with Crippen molar-refractivity contribution in [3.63, 3.8) is 0 Å². The van der Waals surface area contributed by atoms with Crippen LogP contribution >= 0.6 is 11.6 Å². The van der Waals surface area contributed by atoms with Gasteiger partial charge in [0.05, 0.1) is 6.04 Å². The number of nitrogens with zero attached hydrogens (tertiary/aromatic N) is 3. The van der Waals surface area contributed by atoms with Gasteiger partial charge in [-0.15, -0.1) is 10.2 Å². The smallest absolute Gasteiger partial charge is 0.247 e. The van der Waals surface area contributed by atoms with Gasteiger partial charge in [0, 0.05) is 22.7 Å². The van der Waals surface area contributed by atoms with Gasteiger partial charge >= 0.3 is 0 Å². The summed E-state index contributed by atoms with van der Waals surface area (Å²) in [5.41, 5.74) is 2.46. The lowest BCUT2D eigenvalue weighted by molar-refractivity contribution is 0.215. The van der Waals surface area contributed by atoms with E-state index in [2.05, 4.69) is 10.2 Å². The van der Waals surface area contributed by atoms with Crippen LogP contribution in [-0.2, 0) is 6.54 Å². The van der Waals surface area contributed by atoms with Crippen molar-refractivity contribution in [1.82, 2.24) is 15.1 Å². The molecule has 2 aromatic carbocycles. The molecule has 130 valence electrons. The molecule has 0 N–H and O–H groups in total. The molecule has 0 spiro atoms. The summed E-state index contributed by atoms with van der Waals surface area (Å²) in [7, 11) is 1.87. The first kappa shape index (κ1) is 17.6. The van der Waals surface area contributed by atoms with E-state index in [4.69, 9.17) is 16.0 Å². The molecule has 4 nitrogen and oxygen atoms in total. The molecule has 0 amide bonds. The molecular weight excluding hydrogens is 341 g/mol. The van der Waals surface area contributed by atoms with E-state index in [9.17, 15) is 4.39 Å². The highest BCUT2D eigenvalue weighted by Gasteiger charge is 2.21. The minimum Gasteiger partial charge on any atom is -0.419 e. The Bertz CT molecular complexity index is 860. The normalized spacial score (nSPS) is 12.6. The number of aromatic nitrogens is 2. The lowest BCUT2D eigenvalue weighted by atomic mass is 10.1. The van der Waals surface area contributed by atoms with E-state index in [0.717, 1.165) is 11.1 Å². The predicted molar refractivity (Wildman–Crippen MR) is 95.8 cm³/mol.